The van der Waals surface area contributed by atoms with E-state index < -0.39 is 6.10 Å². The van der Waals surface area contributed by atoms with Crippen molar-refractivity contribution in [1.29, 1.82) is 0 Å². The van der Waals surface area contributed by atoms with Gasteiger partial charge in [0.05, 0.1) is 16.3 Å². The Morgan fingerprint density at radius 1 is 0.935 bits per heavy atom. The third kappa shape index (κ3) is 6.32. The van der Waals surface area contributed by atoms with Gasteiger partial charge in [0.15, 0.2) is 0 Å². The third-order valence-corrected chi connectivity index (χ3v) is 7.49. The summed E-state index contributed by atoms with van der Waals surface area (Å²) in [6.07, 6.45) is 5.99. The number of hydrogen-bond donors (Lipinski definition) is 1. The molecule has 0 radical (unpaired) electrons. The number of nitrogens with zero attached hydrogens (tertiary/aromatic N) is 6. The van der Waals surface area contributed by atoms with E-state index >= 15 is 0 Å². The van der Waals surface area contributed by atoms with Crippen molar-refractivity contribution >= 4 is 54.9 Å². The number of aliphatic hydroxyl groups is 1. The van der Waals surface area contributed by atoms with Crippen LogP contribution in [0.15, 0.2) is 33.7 Å². The molecular weight excluding hydrogens is 564 g/mol. The van der Waals surface area contributed by atoms with Crippen LogP contribution in [-0.4, -0.2) is 33.4 Å². The molecule has 4 aromatic rings. The number of aromatic nitrogens is 6. The lowest BCUT2D eigenvalue weighted by Gasteiger charge is -2.04. The minimum absolute atomic E-state index is 0.652. The second-order valence-corrected chi connectivity index (χ2v) is 10.2. The fraction of sp³-hybridized carbons (Fsp3) is 0.400. The largest absolute Gasteiger partial charge is 0.383 e. The van der Waals surface area contributed by atoms with Crippen LogP contribution >= 0.6 is 54.9 Å². The van der Waals surface area contributed by atoms with Gasteiger partial charge < -0.3 is 5.11 Å². The fourth-order valence-electron chi connectivity index (χ4n) is 2.86. The summed E-state index contributed by atoms with van der Waals surface area (Å²) in [5.74, 6) is 0. The van der Waals surface area contributed by atoms with Crippen LogP contribution < -0.4 is 0 Å². The van der Waals surface area contributed by atoms with Crippen molar-refractivity contribution in [3.8, 4) is 0 Å². The Balaban J connectivity index is 0.000000176. The van der Waals surface area contributed by atoms with Gasteiger partial charge in [0.2, 0.25) is 0 Å². The van der Waals surface area contributed by atoms with Crippen LogP contribution in [0.2, 0.25) is 0 Å². The van der Waals surface area contributed by atoms with Gasteiger partial charge in [0.25, 0.3) is 0 Å². The van der Waals surface area contributed by atoms with E-state index in [1.54, 1.807) is 22.4 Å². The van der Waals surface area contributed by atoms with Crippen LogP contribution in [-0.2, 0) is 33.4 Å². The molecule has 1 unspecified atom stereocenters. The Labute approximate surface area is 206 Å². The number of halogens is 2. The van der Waals surface area contributed by atoms with E-state index in [1.807, 2.05) is 38.0 Å². The molecule has 0 spiro atoms. The average Bonchev–Trinajstić information content (AvgIpc) is 3.51. The van der Waals surface area contributed by atoms with E-state index in [0.717, 1.165) is 40.0 Å². The predicted octanol–water partition coefficient (Wildman–Crippen LogP) is 5.08. The van der Waals surface area contributed by atoms with E-state index in [2.05, 4.69) is 63.8 Å². The second-order valence-electron chi connectivity index (χ2n) is 6.96. The Bertz CT molecular complexity index is 1130. The molecule has 1 atom stereocenters. The third-order valence-electron chi connectivity index (χ3n) is 4.50. The average molecular weight is 588 g/mol. The van der Waals surface area contributed by atoms with Gasteiger partial charge in [0.1, 0.15) is 15.3 Å². The standard InChI is InChI=1S/C10H12BrN3OS.C10H12BrN3S/c1-3-6-4-8(16-13-6)9(15)7-5-14(2)12-10(7)11;1-3-8-5-9(15-13-8)4-7-6-14(2)12-10(7)11/h4-5,9,15H,3H2,1-2H3;5-6H,3-4H2,1-2H3. The van der Waals surface area contributed by atoms with Gasteiger partial charge in [0, 0.05) is 48.9 Å². The molecule has 0 aliphatic heterocycles. The second kappa shape index (κ2) is 11.0. The van der Waals surface area contributed by atoms with E-state index in [0.29, 0.717) is 4.60 Å². The van der Waals surface area contributed by atoms with Gasteiger partial charge in [-0.1, -0.05) is 13.8 Å². The molecule has 11 heteroatoms. The maximum Gasteiger partial charge on any atom is 0.134 e. The van der Waals surface area contributed by atoms with E-state index in [1.165, 1.54) is 27.7 Å². The Morgan fingerprint density at radius 3 is 2.06 bits per heavy atom. The van der Waals surface area contributed by atoms with Crippen molar-refractivity contribution in [2.45, 2.75) is 39.2 Å². The first kappa shape index (κ1) is 24.2. The number of aliphatic hydroxyl groups excluding tert-OH is 1. The van der Waals surface area contributed by atoms with Gasteiger partial charge in [-0.2, -0.15) is 18.9 Å². The smallest absolute Gasteiger partial charge is 0.134 e. The summed E-state index contributed by atoms with van der Waals surface area (Å²) in [5, 5.41) is 18.6. The molecule has 0 aromatic carbocycles. The predicted molar refractivity (Wildman–Crippen MR) is 132 cm³/mol. The molecule has 7 nitrogen and oxygen atoms in total. The molecule has 0 fully saturated rings. The molecule has 0 saturated heterocycles. The molecule has 31 heavy (non-hydrogen) atoms. The van der Waals surface area contributed by atoms with Crippen LogP contribution in [0.1, 0.15) is 52.2 Å². The zero-order valence-electron chi connectivity index (χ0n) is 17.7. The van der Waals surface area contributed by atoms with Crippen LogP contribution in [0.5, 0.6) is 0 Å². The van der Waals surface area contributed by atoms with Crippen molar-refractivity contribution in [3.63, 3.8) is 0 Å². The molecule has 4 heterocycles. The highest BCUT2D eigenvalue weighted by Crippen LogP contribution is 2.30. The molecule has 0 amide bonds. The summed E-state index contributed by atoms with van der Waals surface area (Å²) >= 11 is 9.70. The van der Waals surface area contributed by atoms with Crippen LogP contribution in [0.3, 0.4) is 0 Å². The normalized spacial score (nSPS) is 12.0. The van der Waals surface area contributed by atoms with E-state index in [9.17, 15) is 5.11 Å². The van der Waals surface area contributed by atoms with Gasteiger partial charge >= 0.3 is 0 Å². The van der Waals surface area contributed by atoms with Crippen molar-refractivity contribution in [3.05, 3.63) is 66.0 Å². The molecule has 166 valence electrons. The lowest BCUT2D eigenvalue weighted by atomic mass is 10.1. The number of aryl methyl sites for hydroxylation is 4. The molecular formula is C20H24Br2N6OS2. The van der Waals surface area contributed by atoms with Crippen molar-refractivity contribution in [2.75, 3.05) is 0 Å². The minimum Gasteiger partial charge on any atom is -0.383 e. The quantitative estimate of drug-likeness (QED) is 0.340. The molecule has 0 aliphatic carbocycles. The van der Waals surface area contributed by atoms with Crippen molar-refractivity contribution < 1.29 is 5.11 Å². The summed E-state index contributed by atoms with van der Waals surface area (Å²) in [6.45, 7) is 4.17. The zero-order chi connectivity index (χ0) is 22.5. The topological polar surface area (TPSA) is 81.6 Å². The zero-order valence-corrected chi connectivity index (χ0v) is 22.5. The molecule has 0 bridgehead atoms. The molecule has 4 aromatic heterocycles. The van der Waals surface area contributed by atoms with Crippen LogP contribution in [0.4, 0.5) is 0 Å². The highest BCUT2D eigenvalue weighted by atomic mass is 79.9. The fourth-order valence-corrected chi connectivity index (χ4v) is 5.57. The Morgan fingerprint density at radius 2 is 1.55 bits per heavy atom. The first-order chi connectivity index (χ1) is 14.8. The highest BCUT2D eigenvalue weighted by molar-refractivity contribution is 9.10. The lowest BCUT2D eigenvalue weighted by molar-refractivity contribution is 0.223. The van der Waals surface area contributed by atoms with Crippen molar-refractivity contribution in [2.24, 2.45) is 14.1 Å². The van der Waals surface area contributed by atoms with Gasteiger partial charge in [-0.25, -0.2) is 0 Å². The maximum absolute atomic E-state index is 10.2. The highest BCUT2D eigenvalue weighted by Gasteiger charge is 2.19. The maximum atomic E-state index is 10.2. The first-order valence-corrected chi connectivity index (χ1v) is 12.9. The lowest BCUT2D eigenvalue weighted by Crippen LogP contribution is -1.96. The minimum atomic E-state index is -0.652. The summed E-state index contributed by atoms with van der Waals surface area (Å²) in [6, 6.07) is 4.11. The summed E-state index contributed by atoms with van der Waals surface area (Å²) in [4.78, 5) is 2.14. The van der Waals surface area contributed by atoms with E-state index in [-0.39, 0.29) is 0 Å². The van der Waals surface area contributed by atoms with Gasteiger partial charge in [-0.15, -0.1) is 0 Å². The Kier molecular flexibility index (Phi) is 8.57. The van der Waals surface area contributed by atoms with Gasteiger partial charge in [-0.05, 0) is 79.9 Å². The van der Waals surface area contributed by atoms with Crippen molar-refractivity contribution in [1.82, 2.24) is 28.3 Å². The van der Waals surface area contributed by atoms with Crippen LogP contribution in [0.25, 0.3) is 0 Å². The SMILES string of the molecule is CCc1cc(C(O)c2cn(C)nc2Br)sn1.CCc1cc(Cc2cn(C)nc2Br)sn1. The monoisotopic (exact) mass is 586 g/mol. The summed E-state index contributed by atoms with van der Waals surface area (Å²) in [7, 11) is 3.75. The number of hydrogen-bond acceptors (Lipinski definition) is 7. The Hall–Kier alpha value is -1.40. The first-order valence-electron chi connectivity index (χ1n) is 9.75. The molecule has 0 aliphatic rings. The van der Waals surface area contributed by atoms with Gasteiger partial charge in [-0.3, -0.25) is 9.36 Å². The molecule has 4 rings (SSSR count). The molecule has 1 N–H and O–H groups in total. The summed E-state index contributed by atoms with van der Waals surface area (Å²) < 4.78 is 13.7. The summed E-state index contributed by atoms with van der Waals surface area (Å²) in [5.41, 5.74) is 4.17. The number of rotatable bonds is 6. The molecule has 0 saturated carbocycles. The van der Waals surface area contributed by atoms with Crippen LogP contribution in [0, 0.1) is 0 Å². The van der Waals surface area contributed by atoms with E-state index in [4.69, 9.17) is 0 Å².